The minimum Gasteiger partial charge on any atom is -0.504 e. The Bertz CT molecular complexity index is 1430. The molecular weight excluding hydrogens is 426 g/mol. The second-order valence-electron chi connectivity index (χ2n) is 8.39. The molecule has 5 nitrogen and oxygen atoms in total. The van der Waals surface area contributed by atoms with Crippen LogP contribution >= 0.6 is 0 Å². The summed E-state index contributed by atoms with van der Waals surface area (Å²) in [5.74, 6) is 2.86. The Labute approximate surface area is 200 Å². The highest BCUT2D eigenvalue weighted by atomic mass is 16.5. The van der Waals surface area contributed by atoms with Crippen LogP contribution in [0.25, 0.3) is 21.9 Å². The Hall–Kier alpha value is -3.73. The van der Waals surface area contributed by atoms with Gasteiger partial charge in [-0.3, -0.25) is 0 Å². The molecule has 0 saturated carbocycles. The van der Waals surface area contributed by atoms with E-state index in [9.17, 15) is 5.11 Å². The molecule has 4 rings (SSSR count). The van der Waals surface area contributed by atoms with Crippen LogP contribution in [0.5, 0.6) is 17.2 Å². The molecule has 0 unspecified atom stereocenters. The van der Waals surface area contributed by atoms with E-state index in [4.69, 9.17) is 18.9 Å². The SMILES string of the molecule is CCOc1cc(-c2cc(OCC)c3c(C)oc(C)c3c(=Nc3ccc(C)c(C)c3)c2)ccc1O. The molecule has 0 spiro atoms. The Kier molecular flexibility index (Phi) is 6.64. The lowest BCUT2D eigenvalue weighted by Crippen LogP contribution is -2.00. The van der Waals surface area contributed by atoms with Crippen LogP contribution in [0, 0.1) is 27.7 Å². The molecule has 0 fully saturated rings. The first-order chi connectivity index (χ1) is 16.3. The van der Waals surface area contributed by atoms with Crippen molar-refractivity contribution < 1.29 is 19.0 Å². The highest BCUT2D eigenvalue weighted by molar-refractivity contribution is 5.93. The van der Waals surface area contributed by atoms with Gasteiger partial charge in [0.15, 0.2) is 11.5 Å². The van der Waals surface area contributed by atoms with Gasteiger partial charge >= 0.3 is 0 Å². The summed E-state index contributed by atoms with van der Waals surface area (Å²) in [4.78, 5) is 5.05. The van der Waals surface area contributed by atoms with Gasteiger partial charge in [-0.1, -0.05) is 12.1 Å². The van der Waals surface area contributed by atoms with Gasteiger partial charge in [-0.15, -0.1) is 0 Å². The number of furan rings is 1. The Morgan fingerprint density at radius 2 is 1.41 bits per heavy atom. The number of nitrogens with zero attached hydrogens (tertiary/aromatic N) is 1. The van der Waals surface area contributed by atoms with E-state index in [1.807, 2.05) is 58.0 Å². The largest absolute Gasteiger partial charge is 0.504 e. The Balaban J connectivity index is 2.10. The number of hydrogen-bond acceptors (Lipinski definition) is 5. The quantitative estimate of drug-likeness (QED) is 0.336. The number of aryl methyl sites for hydroxylation is 4. The normalized spacial score (nSPS) is 11.8. The molecule has 1 heterocycles. The number of hydrogen-bond donors (Lipinski definition) is 1. The number of fused-ring (bicyclic) bond motifs is 1. The zero-order valence-corrected chi connectivity index (χ0v) is 20.7. The number of rotatable bonds is 6. The third-order valence-corrected chi connectivity index (χ3v) is 5.97. The van der Waals surface area contributed by atoms with Gasteiger partial charge in [0, 0.05) is 0 Å². The average Bonchev–Trinajstić information content (AvgIpc) is 2.99. The fraction of sp³-hybridized carbons (Fsp3) is 0.276. The number of aromatic hydroxyl groups is 1. The van der Waals surface area contributed by atoms with Gasteiger partial charge in [-0.05, 0) is 100 Å². The third kappa shape index (κ3) is 4.51. The second-order valence-corrected chi connectivity index (χ2v) is 8.39. The van der Waals surface area contributed by atoms with Crippen molar-refractivity contribution in [3.8, 4) is 28.4 Å². The predicted molar refractivity (Wildman–Crippen MR) is 136 cm³/mol. The van der Waals surface area contributed by atoms with Crippen molar-refractivity contribution in [2.45, 2.75) is 41.5 Å². The molecule has 176 valence electrons. The summed E-state index contributed by atoms with van der Waals surface area (Å²) in [6.07, 6.45) is 0. The first-order valence-electron chi connectivity index (χ1n) is 11.6. The minimum atomic E-state index is 0.111. The summed E-state index contributed by atoms with van der Waals surface area (Å²) in [6, 6.07) is 15.6. The van der Waals surface area contributed by atoms with E-state index in [1.54, 1.807) is 6.07 Å². The van der Waals surface area contributed by atoms with Gasteiger partial charge in [0.1, 0.15) is 17.3 Å². The predicted octanol–water partition coefficient (Wildman–Crippen LogP) is 7.07. The maximum Gasteiger partial charge on any atom is 0.161 e. The summed E-state index contributed by atoms with van der Waals surface area (Å²) in [6.45, 7) is 12.9. The van der Waals surface area contributed by atoms with Crippen LogP contribution in [0.4, 0.5) is 5.69 Å². The molecule has 3 aromatic carbocycles. The van der Waals surface area contributed by atoms with Gasteiger partial charge in [0.2, 0.25) is 0 Å². The van der Waals surface area contributed by atoms with Crippen LogP contribution in [0.2, 0.25) is 0 Å². The molecule has 1 aromatic heterocycles. The number of ether oxygens (including phenoxy) is 2. The molecule has 0 aliphatic heterocycles. The molecule has 1 N–H and O–H groups in total. The van der Waals surface area contributed by atoms with Gasteiger partial charge in [0.05, 0.1) is 35.0 Å². The van der Waals surface area contributed by atoms with E-state index in [0.29, 0.717) is 19.0 Å². The highest BCUT2D eigenvalue weighted by Crippen LogP contribution is 2.36. The van der Waals surface area contributed by atoms with Gasteiger partial charge in [-0.25, -0.2) is 4.99 Å². The number of phenols is 1. The van der Waals surface area contributed by atoms with Crippen molar-refractivity contribution in [3.05, 3.63) is 76.5 Å². The fourth-order valence-corrected chi connectivity index (χ4v) is 4.19. The first-order valence-corrected chi connectivity index (χ1v) is 11.6. The number of benzene rings is 2. The van der Waals surface area contributed by atoms with E-state index in [0.717, 1.165) is 50.2 Å². The monoisotopic (exact) mass is 457 g/mol. The lowest BCUT2D eigenvalue weighted by molar-refractivity contribution is 0.318. The maximum atomic E-state index is 10.2. The van der Waals surface area contributed by atoms with Crippen molar-refractivity contribution >= 4 is 16.5 Å². The van der Waals surface area contributed by atoms with Crippen LogP contribution in [0.3, 0.4) is 0 Å². The molecule has 5 heteroatoms. The molecule has 34 heavy (non-hydrogen) atoms. The summed E-state index contributed by atoms with van der Waals surface area (Å²) >= 11 is 0. The third-order valence-electron chi connectivity index (χ3n) is 5.97. The van der Waals surface area contributed by atoms with Gasteiger partial charge in [0.25, 0.3) is 0 Å². The van der Waals surface area contributed by atoms with Crippen LogP contribution < -0.4 is 14.8 Å². The molecular formula is C29H31NO4. The van der Waals surface area contributed by atoms with Crippen LogP contribution in [-0.2, 0) is 0 Å². The molecule has 0 aliphatic carbocycles. The fourth-order valence-electron chi connectivity index (χ4n) is 4.19. The lowest BCUT2D eigenvalue weighted by Gasteiger charge is -2.09. The first kappa shape index (κ1) is 23.4. The molecule has 0 atom stereocenters. The molecule has 0 radical (unpaired) electrons. The summed E-state index contributed by atoms with van der Waals surface area (Å²) in [7, 11) is 0. The molecule has 0 bridgehead atoms. The van der Waals surface area contributed by atoms with E-state index in [1.165, 1.54) is 11.1 Å². The van der Waals surface area contributed by atoms with E-state index < -0.39 is 0 Å². The van der Waals surface area contributed by atoms with Crippen LogP contribution in [0.1, 0.15) is 36.5 Å². The standard InChI is InChI=1S/C29H31NO4/c1-7-32-26-15-21(10-12-25(26)31)22-14-24(30-23-11-9-17(3)18(4)13-23)28-19(5)34-20(6)29(28)27(16-22)33-8-2/h9-16,31H,7-8H2,1-6H3. The van der Waals surface area contributed by atoms with Gasteiger partial charge in [-0.2, -0.15) is 0 Å². The average molecular weight is 458 g/mol. The van der Waals surface area contributed by atoms with Crippen molar-refractivity contribution in [2.75, 3.05) is 13.2 Å². The maximum absolute atomic E-state index is 10.2. The lowest BCUT2D eigenvalue weighted by atomic mass is 10.1. The minimum absolute atomic E-state index is 0.111. The van der Waals surface area contributed by atoms with Crippen molar-refractivity contribution in [3.63, 3.8) is 0 Å². The Morgan fingerprint density at radius 1 is 0.735 bits per heavy atom. The van der Waals surface area contributed by atoms with Crippen molar-refractivity contribution in [1.82, 2.24) is 0 Å². The topological polar surface area (TPSA) is 64.2 Å². The van der Waals surface area contributed by atoms with Crippen LogP contribution in [-0.4, -0.2) is 18.3 Å². The van der Waals surface area contributed by atoms with E-state index >= 15 is 0 Å². The zero-order valence-electron chi connectivity index (χ0n) is 20.7. The van der Waals surface area contributed by atoms with E-state index in [2.05, 4.69) is 26.0 Å². The summed E-state index contributed by atoms with van der Waals surface area (Å²) < 4.78 is 17.8. The molecule has 0 amide bonds. The molecule has 0 saturated heterocycles. The number of phenolic OH excluding ortho intramolecular Hbond substituents is 1. The van der Waals surface area contributed by atoms with E-state index in [-0.39, 0.29) is 5.75 Å². The van der Waals surface area contributed by atoms with Crippen LogP contribution in [0.15, 0.2) is 57.9 Å². The molecule has 0 aliphatic rings. The zero-order chi connectivity index (χ0) is 24.4. The molecule has 4 aromatic rings. The second kappa shape index (κ2) is 9.64. The van der Waals surface area contributed by atoms with Crippen molar-refractivity contribution in [2.24, 2.45) is 4.99 Å². The highest BCUT2D eigenvalue weighted by Gasteiger charge is 2.16. The summed E-state index contributed by atoms with van der Waals surface area (Å²) in [5, 5.41) is 12.8. The summed E-state index contributed by atoms with van der Waals surface area (Å²) in [5.41, 5.74) is 5.09. The Morgan fingerprint density at radius 3 is 2.12 bits per heavy atom. The van der Waals surface area contributed by atoms with Gasteiger partial charge < -0.3 is 19.0 Å². The smallest absolute Gasteiger partial charge is 0.161 e. The van der Waals surface area contributed by atoms with Crippen molar-refractivity contribution in [1.29, 1.82) is 0 Å².